The van der Waals surface area contributed by atoms with E-state index in [2.05, 4.69) is 0 Å². The van der Waals surface area contributed by atoms with Gasteiger partial charge in [0.2, 0.25) is 0 Å². The van der Waals surface area contributed by atoms with Crippen molar-refractivity contribution >= 4 is 11.9 Å². The summed E-state index contributed by atoms with van der Waals surface area (Å²) in [5.41, 5.74) is 0.420. The molecule has 6 nitrogen and oxygen atoms in total. The fraction of sp³-hybridized carbons (Fsp3) is 0.250. The molecule has 0 aliphatic carbocycles. The van der Waals surface area contributed by atoms with Gasteiger partial charge >= 0.3 is 5.97 Å². The van der Waals surface area contributed by atoms with Gasteiger partial charge in [0.15, 0.2) is 6.61 Å². The van der Waals surface area contributed by atoms with Gasteiger partial charge in [0.05, 0.1) is 12.3 Å². The van der Waals surface area contributed by atoms with Crippen molar-refractivity contribution in [2.75, 3.05) is 13.7 Å². The molecule has 0 radical (unpaired) electrons. The van der Waals surface area contributed by atoms with Crippen molar-refractivity contribution in [2.45, 2.75) is 13.0 Å². The van der Waals surface area contributed by atoms with Gasteiger partial charge in [0.1, 0.15) is 11.5 Å². The van der Waals surface area contributed by atoms with Gasteiger partial charge in [0, 0.05) is 12.6 Å². The first-order chi connectivity index (χ1) is 10.5. The number of carboxylic acids is 1. The summed E-state index contributed by atoms with van der Waals surface area (Å²) in [7, 11) is 1.68. The van der Waals surface area contributed by atoms with Crippen LogP contribution in [0.1, 0.15) is 29.1 Å². The number of ether oxygens (including phenoxy) is 1. The third-order valence-corrected chi connectivity index (χ3v) is 3.30. The van der Waals surface area contributed by atoms with E-state index in [1.807, 2.05) is 6.92 Å². The van der Waals surface area contributed by atoms with Crippen LogP contribution in [0.25, 0.3) is 0 Å². The molecule has 2 rings (SSSR count). The highest BCUT2D eigenvalue weighted by molar-refractivity contribution is 5.94. The number of amides is 1. The highest BCUT2D eigenvalue weighted by Crippen LogP contribution is 2.22. The van der Waals surface area contributed by atoms with Crippen molar-refractivity contribution in [3.63, 3.8) is 0 Å². The van der Waals surface area contributed by atoms with E-state index in [4.69, 9.17) is 14.3 Å². The molecule has 116 valence electrons. The molecular weight excluding hydrogens is 286 g/mol. The summed E-state index contributed by atoms with van der Waals surface area (Å²) >= 11 is 0. The Morgan fingerprint density at radius 3 is 2.73 bits per heavy atom. The van der Waals surface area contributed by atoms with E-state index in [0.29, 0.717) is 17.1 Å². The highest BCUT2D eigenvalue weighted by atomic mass is 16.5. The summed E-state index contributed by atoms with van der Waals surface area (Å²) in [4.78, 5) is 24.5. The van der Waals surface area contributed by atoms with Crippen LogP contribution in [0.4, 0.5) is 0 Å². The standard InChI is InChI=1S/C16H17NO5/c1-11(14-7-4-8-21-14)17(2)16(20)12-5-3-6-13(9-12)22-10-15(18)19/h3-9,11H,10H2,1-2H3,(H,18,19). The van der Waals surface area contributed by atoms with Crippen molar-refractivity contribution in [2.24, 2.45) is 0 Å². The molecule has 1 amide bonds. The zero-order chi connectivity index (χ0) is 16.1. The third kappa shape index (κ3) is 3.66. The number of furan rings is 1. The van der Waals surface area contributed by atoms with E-state index in [1.165, 1.54) is 6.07 Å². The SMILES string of the molecule is CC(c1ccco1)N(C)C(=O)c1cccc(OCC(=O)O)c1. The zero-order valence-electron chi connectivity index (χ0n) is 12.4. The molecule has 0 fully saturated rings. The van der Waals surface area contributed by atoms with E-state index in [9.17, 15) is 9.59 Å². The van der Waals surface area contributed by atoms with Crippen LogP contribution < -0.4 is 4.74 Å². The van der Waals surface area contributed by atoms with Gasteiger partial charge < -0.3 is 19.2 Å². The predicted octanol–water partition coefficient (Wildman–Crippen LogP) is 2.58. The van der Waals surface area contributed by atoms with E-state index in [0.717, 1.165) is 0 Å². The second-order valence-electron chi connectivity index (χ2n) is 4.82. The quantitative estimate of drug-likeness (QED) is 0.887. The molecule has 2 aromatic rings. The molecule has 1 unspecified atom stereocenters. The first-order valence-electron chi connectivity index (χ1n) is 6.74. The second kappa shape index (κ2) is 6.80. The summed E-state index contributed by atoms with van der Waals surface area (Å²) in [5, 5.41) is 8.61. The number of benzene rings is 1. The molecule has 1 aromatic heterocycles. The van der Waals surface area contributed by atoms with Gasteiger partial charge in [-0.05, 0) is 37.3 Å². The number of hydrogen-bond donors (Lipinski definition) is 1. The Hall–Kier alpha value is -2.76. The van der Waals surface area contributed by atoms with Gasteiger partial charge in [-0.25, -0.2) is 4.79 Å². The molecule has 1 atom stereocenters. The van der Waals surface area contributed by atoms with Crippen molar-refractivity contribution < 1.29 is 23.8 Å². The summed E-state index contributed by atoms with van der Waals surface area (Å²) in [5.74, 6) is -0.244. The fourth-order valence-corrected chi connectivity index (χ4v) is 1.96. The lowest BCUT2D eigenvalue weighted by molar-refractivity contribution is -0.139. The van der Waals surface area contributed by atoms with Crippen molar-refractivity contribution in [1.29, 1.82) is 0 Å². The largest absolute Gasteiger partial charge is 0.482 e. The molecule has 0 aliphatic rings. The minimum atomic E-state index is -1.07. The smallest absolute Gasteiger partial charge is 0.341 e. The summed E-state index contributed by atoms with van der Waals surface area (Å²) < 4.78 is 10.4. The molecule has 0 aliphatic heterocycles. The molecule has 22 heavy (non-hydrogen) atoms. The average Bonchev–Trinajstić information content (AvgIpc) is 3.05. The fourth-order valence-electron chi connectivity index (χ4n) is 1.96. The van der Waals surface area contributed by atoms with E-state index in [-0.39, 0.29) is 11.9 Å². The molecular formula is C16H17NO5. The van der Waals surface area contributed by atoms with Crippen LogP contribution >= 0.6 is 0 Å². The molecule has 1 aromatic carbocycles. The molecule has 0 saturated heterocycles. The molecule has 1 N–H and O–H groups in total. The Balaban J connectivity index is 2.11. The Bertz CT molecular complexity index is 650. The maximum absolute atomic E-state index is 12.5. The monoisotopic (exact) mass is 303 g/mol. The summed E-state index contributed by atoms with van der Waals surface area (Å²) in [6.45, 7) is 1.41. The number of nitrogens with zero attached hydrogens (tertiary/aromatic N) is 1. The first-order valence-corrected chi connectivity index (χ1v) is 6.74. The number of hydrogen-bond acceptors (Lipinski definition) is 4. The Labute approximate surface area is 127 Å². The van der Waals surface area contributed by atoms with Gasteiger partial charge in [0.25, 0.3) is 5.91 Å². The van der Waals surface area contributed by atoms with Crippen LogP contribution in [0.5, 0.6) is 5.75 Å². The summed E-state index contributed by atoms with van der Waals surface area (Å²) in [6.07, 6.45) is 1.56. The number of carboxylic acid groups (broad SMARTS) is 1. The normalized spacial score (nSPS) is 11.7. The van der Waals surface area contributed by atoms with Crippen molar-refractivity contribution in [1.82, 2.24) is 4.90 Å². The van der Waals surface area contributed by atoms with Crippen LogP contribution in [0.3, 0.4) is 0 Å². The molecule has 6 heteroatoms. The minimum absolute atomic E-state index is 0.204. The van der Waals surface area contributed by atoms with Crippen molar-refractivity contribution in [3.05, 3.63) is 54.0 Å². The van der Waals surface area contributed by atoms with Crippen LogP contribution in [-0.4, -0.2) is 35.5 Å². The minimum Gasteiger partial charge on any atom is -0.482 e. The lowest BCUT2D eigenvalue weighted by Gasteiger charge is -2.23. The number of carbonyl (C=O) groups excluding carboxylic acids is 1. The maximum Gasteiger partial charge on any atom is 0.341 e. The van der Waals surface area contributed by atoms with E-state index < -0.39 is 12.6 Å². The Kier molecular flexibility index (Phi) is 4.83. The number of rotatable bonds is 6. The Morgan fingerprint density at radius 2 is 2.09 bits per heavy atom. The molecule has 0 spiro atoms. The molecule has 0 bridgehead atoms. The lowest BCUT2D eigenvalue weighted by atomic mass is 10.1. The van der Waals surface area contributed by atoms with Gasteiger partial charge in [-0.15, -0.1) is 0 Å². The Morgan fingerprint density at radius 1 is 1.32 bits per heavy atom. The third-order valence-electron chi connectivity index (χ3n) is 3.30. The van der Waals surface area contributed by atoms with Crippen LogP contribution in [0.15, 0.2) is 47.1 Å². The predicted molar refractivity (Wildman–Crippen MR) is 78.8 cm³/mol. The van der Waals surface area contributed by atoms with Crippen LogP contribution in [0.2, 0.25) is 0 Å². The number of aliphatic carboxylic acids is 1. The van der Waals surface area contributed by atoms with E-state index in [1.54, 1.807) is 48.5 Å². The first kappa shape index (κ1) is 15.6. The molecule has 0 saturated carbocycles. The molecule has 1 heterocycles. The summed E-state index contributed by atoms with van der Waals surface area (Å²) in [6, 6.07) is 9.79. The topological polar surface area (TPSA) is 80.0 Å². The lowest BCUT2D eigenvalue weighted by Crippen LogP contribution is -2.29. The van der Waals surface area contributed by atoms with Crippen molar-refractivity contribution in [3.8, 4) is 5.75 Å². The van der Waals surface area contributed by atoms with E-state index >= 15 is 0 Å². The van der Waals surface area contributed by atoms with Gasteiger partial charge in [-0.3, -0.25) is 4.79 Å². The second-order valence-corrected chi connectivity index (χ2v) is 4.82. The van der Waals surface area contributed by atoms with Crippen LogP contribution in [-0.2, 0) is 4.79 Å². The van der Waals surface area contributed by atoms with Crippen LogP contribution in [0, 0.1) is 0 Å². The van der Waals surface area contributed by atoms with Gasteiger partial charge in [-0.1, -0.05) is 6.07 Å². The maximum atomic E-state index is 12.5. The number of carbonyl (C=O) groups is 2. The zero-order valence-corrected chi connectivity index (χ0v) is 12.4. The highest BCUT2D eigenvalue weighted by Gasteiger charge is 2.21. The average molecular weight is 303 g/mol. The van der Waals surface area contributed by atoms with Gasteiger partial charge in [-0.2, -0.15) is 0 Å².